The van der Waals surface area contributed by atoms with Crippen LogP contribution in [-0.2, 0) is 13.6 Å². The largest absolute Gasteiger partial charge is 0.339 e. The van der Waals surface area contributed by atoms with Gasteiger partial charge in [0.2, 0.25) is 0 Å². The summed E-state index contributed by atoms with van der Waals surface area (Å²) in [6, 6.07) is 0. The normalized spacial score (nSPS) is 10.0. The van der Waals surface area contributed by atoms with E-state index in [0.29, 0.717) is 17.7 Å². The number of aromatic nitrogens is 4. The standard InChI is InChI=1S/C8H10N4O2.C2H6/c1-3-12-6-5(9-4-10-6)7(13)11(2)8(12)14;1-2/h4H,3H2,1-2H3,(H,9,10);1-2H3. The van der Waals surface area contributed by atoms with E-state index in [-0.39, 0.29) is 11.2 Å². The molecule has 0 spiro atoms. The van der Waals surface area contributed by atoms with Crippen LogP contribution in [0, 0.1) is 0 Å². The van der Waals surface area contributed by atoms with E-state index < -0.39 is 0 Å². The van der Waals surface area contributed by atoms with Crippen LogP contribution in [0.15, 0.2) is 15.9 Å². The van der Waals surface area contributed by atoms with Crippen molar-refractivity contribution in [2.75, 3.05) is 0 Å². The molecular weight excluding hydrogens is 208 g/mol. The fraction of sp³-hybridized carbons (Fsp3) is 0.500. The van der Waals surface area contributed by atoms with E-state index in [1.54, 1.807) is 0 Å². The van der Waals surface area contributed by atoms with Crippen molar-refractivity contribution in [2.45, 2.75) is 27.3 Å². The van der Waals surface area contributed by atoms with Crippen molar-refractivity contribution in [3.63, 3.8) is 0 Å². The Bertz CT molecular complexity index is 591. The van der Waals surface area contributed by atoms with Crippen LogP contribution in [0.4, 0.5) is 0 Å². The van der Waals surface area contributed by atoms with Crippen LogP contribution >= 0.6 is 0 Å². The van der Waals surface area contributed by atoms with E-state index in [2.05, 4.69) is 9.97 Å². The molecule has 0 fully saturated rings. The van der Waals surface area contributed by atoms with E-state index in [4.69, 9.17) is 0 Å². The number of rotatable bonds is 1. The van der Waals surface area contributed by atoms with Gasteiger partial charge in [-0.1, -0.05) is 13.8 Å². The van der Waals surface area contributed by atoms with Gasteiger partial charge in [0.25, 0.3) is 5.56 Å². The van der Waals surface area contributed by atoms with Crippen molar-refractivity contribution in [2.24, 2.45) is 7.05 Å². The van der Waals surface area contributed by atoms with Gasteiger partial charge in [0.15, 0.2) is 5.65 Å². The Kier molecular flexibility index (Phi) is 3.65. The van der Waals surface area contributed by atoms with Crippen molar-refractivity contribution in [1.82, 2.24) is 19.1 Å². The van der Waals surface area contributed by atoms with Crippen LogP contribution in [0.1, 0.15) is 20.8 Å². The number of nitrogens with one attached hydrogen (secondary N) is 1. The number of hydrogen-bond acceptors (Lipinski definition) is 3. The predicted octanol–water partition coefficient (Wildman–Crippen LogP) is 0.469. The fourth-order valence-corrected chi connectivity index (χ4v) is 1.46. The lowest BCUT2D eigenvalue weighted by molar-refractivity contribution is 0.652. The zero-order chi connectivity index (χ0) is 12.3. The molecule has 6 nitrogen and oxygen atoms in total. The summed E-state index contributed by atoms with van der Waals surface area (Å²) in [7, 11) is 1.46. The Balaban J connectivity index is 0.000000606. The minimum Gasteiger partial charge on any atom is -0.339 e. The first-order valence-electron chi connectivity index (χ1n) is 5.29. The molecule has 2 aromatic rings. The van der Waals surface area contributed by atoms with E-state index in [9.17, 15) is 9.59 Å². The lowest BCUT2D eigenvalue weighted by Crippen LogP contribution is -2.37. The quantitative estimate of drug-likeness (QED) is 0.765. The summed E-state index contributed by atoms with van der Waals surface area (Å²) in [5.74, 6) is 0. The summed E-state index contributed by atoms with van der Waals surface area (Å²) < 4.78 is 2.53. The Hall–Kier alpha value is -1.85. The van der Waals surface area contributed by atoms with Gasteiger partial charge in [0, 0.05) is 13.6 Å². The molecule has 0 aliphatic carbocycles. The molecule has 0 bridgehead atoms. The highest BCUT2D eigenvalue weighted by molar-refractivity contribution is 5.68. The highest BCUT2D eigenvalue weighted by Crippen LogP contribution is 1.99. The average molecular weight is 224 g/mol. The minimum absolute atomic E-state index is 0.336. The highest BCUT2D eigenvalue weighted by atomic mass is 16.2. The molecule has 0 unspecified atom stereocenters. The van der Waals surface area contributed by atoms with Gasteiger partial charge in [-0.25, -0.2) is 9.78 Å². The number of hydrogen-bond donors (Lipinski definition) is 1. The van der Waals surface area contributed by atoms with Gasteiger partial charge in [0.1, 0.15) is 5.52 Å². The maximum atomic E-state index is 11.6. The average Bonchev–Trinajstić information content (AvgIpc) is 2.79. The van der Waals surface area contributed by atoms with Crippen molar-refractivity contribution < 1.29 is 0 Å². The monoisotopic (exact) mass is 224 g/mol. The summed E-state index contributed by atoms with van der Waals surface area (Å²) in [4.78, 5) is 29.8. The first-order valence-corrected chi connectivity index (χ1v) is 5.29. The van der Waals surface area contributed by atoms with Gasteiger partial charge in [-0.2, -0.15) is 0 Å². The number of aryl methyl sites for hydroxylation is 1. The van der Waals surface area contributed by atoms with Crippen LogP contribution in [0.25, 0.3) is 11.2 Å². The maximum absolute atomic E-state index is 11.6. The first kappa shape index (κ1) is 12.2. The smallest absolute Gasteiger partial charge is 0.332 e. The van der Waals surface area contributed by atoms with Crippen molar-refractivity contribution in [3.8, 4) is 0 Å². The van der Waals surface area contributed by atoms with Gasteiger partial charge in [-0.3, -0.25) is 13.9 Å². The van der Waals surface area contributed by atoms with Crippen LogP contribution < -0.4 is 11.2 Å². The number of H-pyrrole nitrogens is 1. The molecule has 0 aliphatic rings. The minimum atomic E-state index is -0.341. The zero-order valence-electron chi connectivity index (χ0n) is 9.94. The predicted molar refractivity (Wildman–Crippen MR) is 62.6 cm³/mol. The van der Waals surface area contributed by atoms with E-state index in [1.165, 1.54) is 17.9 Å². The fourth-order valence-electron chi connectivity index (χ4n) is 1.46. The third-order valence-electron chi connectivity index (χ3n) is 2.23. The third kappa shape index (κ3) is 1.66. The topological polar surface area (TPSA) is 72.7 Å². The summed E-state index contributed by atoms with van der Waals surface area (Å²) in [6.07, 6.45) is 1.41. The lowest BCUT2D eigenvalue weighted by Gasteiger charge is -2.04. The Morgan fingerprint density at radius 1 is 1.38 bits per heavy atom. The summed E-state index contributed by atoms with van der Waals surface area (Å²) in [5, 5.41) is 0. The molecule has 0 aliphatic heterocycles. The second kappa shape index (κ2) is 4.78. The number of nitrogens with zero attached hydrogens (tertiary/aromatic N) is 3. The molecule has 0 saturated carbocycles. The Morgan fingerprint density at radius 3 is 2.56 bits per heavy atom. The zero-order valence-corrected chi connectivity index (χ0v) is 9.94. The Morgan fingerprint density at radius 2 is 2.00 bits per heavy atom. The summed E-state index contributed by atoms with van der Waals surface area (Å²) in [6.45, 7) is 6.33. The third-order valence-corrected chi connectivity index (χ3v) is 2.23. The second-order valence-corrected chi connectivity index (χ2v) is 2.99. The van der Waals surface area contributed by atoms with Crippen molar-refractivity contribution in [3.05, 3.63) is 27.2 Å². The van der Waals surface area contributed by atoms with Gasteiger partial charge < -0.3 is 4.98 Å². The molecule has 0 radical (unpaired) electrons. The van der Waals surface area contributed by atoms with Gasteiger partial charge >= 0.3 is 5.69 Å². The van der Waals surface area contributed by atoms with Crippen LogP contribution in [0.3, 0.4) is 0 Å². The number of fused-ring (bicyclic) bond motifs is 1. The first-order chi connectivity index (χ1) is 7.66. The molecule has 1 N–H and O–H groups in total. The molecule has 2 heterocycles. The van der Waals surface area contributed by atoms with Crippen LogP contribution in [0.5, 0.6) is 0 Å². The molecule has 0 aromatic carbocycles. The van der Waals surface area contributed by atoms with Crippen LogP contribution in [0.2, 0.25) is 0 Å². The number of imidazole rings is 1. The van der Waals surface area contributed by atoms with Crippen LogP contribution in [-0.4, -0.2) is 19.1 Å². The molecule has 0 atom stereocenters. The molecule has 16 heavy (non-hydrogen) atoms. The van der Waals surface area contributed by atoms with E-state index in [1.807, 2.05) is 20.8 Å². The summed E-state index contributed by atoms with van der Waals surface area (Å²) in [5.41, 5.74) is 0.110. The molecule has 2 rings (SSSR count). The second-order valence-electron chi connectivity index (χ2n) is 2.99. The van der Waals surface area contributed by atoms with Gasteiger partial charge in [-0.05, 0) is 6.92 Å². The molecule has 0 amide bonds. The number of aromatic amines is 1. The molecular formula is C10H16N4O2. The van der Waals surface area contributed by atoms with E-state index in [0.717, 1.165) is 4.57 Å². The molecule has 88 valence electrons. The van der Waals surface area contributed by atoms with Crippen molar-refractivity contribution >= 4 is 11.2 Å². The molecule has 0 saturated heterocycles. The summed E-state index contributed by atoms with van der Waals surface area (Å²) >= 11 is 0. The highest BCUT2D eigenvalue weighted by Gasteiger charge is 2.10. The maximum Gasteiger partial charge on any atom is 0.332 e. The van der Waals surface area contributed by atoms with Gasteiger partial charge in [-0.15, -0.1) is 0 Å². The van der Waals surface area contributed by atoms with Gasteiger partial charge in [0.05, 0.1) is 6.33 Å². The SMILES string of the molecule is CC.CCn1c(=O)n(C)c(=O)c2[nH]cnc21. The lowest BCUT2D eigenvalue weighted by atomic mass is 10.5. The Labute approximate surface area is 92.6 Å². The molecule has 6 heteroatoms. The van der Waals surface area contributed by atoms with Crippen molar-refractivity contribution in [1.29, 1.82) is 0 Å². The van der Waals surface area contributed by atoms with E-state index >= 15 is 0 Å². The molecule has 2 aromatic heterocycles.